The molecule has 1 aromatic heterocycles. The minimum atomic E-state index is 0.00491. The average molecular weight is 213 g/mol. The number of benzene rings is 1. The summed E-state index contributed by atoms with van der Waals surface area (Å²) >= 11 is 0. The second-order valence-electron chi connectivity index (χ2n) is 4.91. The molecule has 2 aromatic rings. The Morgan fingerprint density at radius 3 is 2.94 bits per heavy atom. The summed E-state index contributed by atoms with van der Waals surface area (Å²) in [5.74, 6) is 0.220. The van der Waals surface area contributed by atoms with Crippen molar-refractivity contribution in [1.29, 1.82) is 0 Å². The number of carbonyl (C=O) groups excluding carboxylic acids is 1. The lowest BCUT2D eigenvalue weighted by Crippen LogP contribution is -2.32. The molecular weight excluding hydrogens is 198 g/mol. The van der Waals surface area contributed by atoms with Gasteiger partial charge in [-0.3, -0.25) is 9.36 Å². The summed E-state index contributed by atoms with van der Waals surface area (Å²) in [7, 11) is 0. The third-order valence-corrected chi connectivity index (χ3v) is 3.95. The Hall–Kier alpha value is -1.57. The van der Waals surface area contributed by atoms with Crippen LogP contribution in [0, 0.1) is 0 Å². The number of hydrogen-bond acceptors (Lipinski definition) is 1. The third-order valence-electron chi connectivity index (χ3n) is 3.95. The predicted octanol–water partition coefficient (Wildman–Crippen LogP) is 3.35. The normalized spacial score (nSPS) is 24.0. The zero-order chi connectivity index (χ0) is 11.3. The molecule has 82 valence electrons. The Kier molecular flexibility index (Phi) is 1.79. The molecule has 1 aromatic carbocycles. The molecule has 0 spiro atoms. The number of para-hydroxylation sites is 1. The van der Waals surface area contributed by atoms with E-state index in [1.165, 1.54) is 10.9 Å². The van der Waals surface area contributed by atoms with Gasteiger partial charge in [-0.15, -0.1) is 0 Å². The van der Waals surface area contributed by atoms with Gasteiger partial charge < -0.3 is 0 Å². The van der Waals surface area contributed by atoms with Gasteiger partial charge in [0.15, 0.2) is 0 Å². The molecule has 0 radical (unpaired) electrons. The van der Waals surface area contributed by atoms with E-state index in [1.54, 1.807) is 0 Å². The van der Waals surface area contributed by atoms with Gasteiger partial charge in [-0.05, 0) is 18.1 Å². The van der Waals surface area contributed by atoms with Gasteiger partial charge in [0.1, 0.15) is 0 Å². The molecular formula is C14H15NO. The maximum atomic E-state index is 12.1. The van der Waals surface area contributed by atoms with Gasteiger partial charge in [-0.2, -0.15) is 0 Å². The molecule has 16 heavy (non-hydrogen) atoms. The van der Waals surface area contributed by atoms with Crippen molar-refractivity contribution in [3.8, 4) is 0 Å². The Balaban J connectivity index is 2.44. The number of carbonyl (C=O) groups is 1. The quantitative estimate of drug-likeness (QED) is 0.712. The van der Waals surface area contributed by atoms with Crippen molar-refractivity contribution in [3.05, 3.63) is 36.0 Å². The van der Waals surface area contributed by atoms with E-state index in [-0.39, 0.29) is 11.3 Å². The van der Waals surface area contributed by atoms with E-state index in [2.05, 4.69) is 32.0 Å². The lowest BCUT2D eigenvalue weighted by Gasteiger charge is -2.33. The number of nitrogens with zero attached hydrogens (tertiary/aromatic N) is 1. The van der Waals surface area contributed by atoms with E-state index in [9.17, 15) is 4.79 Å². The smallest absolute Gasteiger partial charge is 0.231 e. The second kappa shape index (κ2) is 2.97. The largest absolute Gasteiger partial charge is 0.287 e. The first-order valence-electron chi connectivity index (χ1n) is 5.79. The molecule has 1 aliphatic rings. The van der Waals surface area contributed by atoms with Crippen LogP contribution in [0.25, 0.3) is 10.9 Å². The fraction of sp³-hybridized carbons (Fsp3) is 0.357. The highest BCUT2D eigenvalue weighted by Crippen LogP contribution is 2.40. The minimum absolute atomic E-state index is 0.00491. The first-order chi connectivity index (χ1) is 7.65. The average Bonchev–Trinajstić information content (AvgIpc) is 2.71. The van der Waals surface area contributed by atoms with Crippen molar-refractivity contribution >= 4 is 16.8 Å². The summed E-state index contributed by atoms with van der Waals surface area (Å²) in [5.41, 5.74) is 2.44. The second-order valence-corrected chi connectivity index (χ2v) is 4.91. The molecule has 3 rings (SSSR count). The van der Waals surface area contributed by atoms with Crippen LogP contribution in [0.5, 0.6) is 0 Å². The fourth-order valence-electron chi connectivity index (χ4n) is 2.72. The van der Waals surface area contributed by atoms with Crippen LogP contribution in [-0.2, 0) is 5.41 Å². The number of hydrogen-bond donors (Lipinski definition) is 0. The Labute approximate surface area is 94.9 Å². The van der Waals surface area contributed by atoms with Crippen LogP contribution in [0.2, 0.25) is 0 Å². The van der Waals surface area contributed by atoms with Crippen molar-refractivity contribution in [3.63, 3.8) is 0 Å². The van der Waals surface area contributed by atoms with E-state index in [0.717, 1.165) is 11.9 Å². The van der Waals surface area contributed by atoms with E-state index in [1.807, 2.05) is 16.8 Å². The maximum Gasteiger partial charge on any atom is 0.231 e. The zero-order valence-electron chi connectivity index (χ0n) is 9.66. The van der Waals surface area contributed by atoms with Crippen LogP contribution in [0.4, 0.5) is 0 Å². The zero-order valence-corrected chi connectivity index (χ0v) is 9.66. The SMILES string of the molecule is CC[C@]1(C)CC(=O)n2ccc3cccc1c32. The highest BCUT2D eigenvalue weighted by Gasteiger charge is 2.35. The monoisotopic (exact) mass is 213 g/mol. The molecule has 0 saturated carbocycles. The van der Waals surface area contributed by atoms with Gasteiger partial charge in [0.05, 0.1) is 5.52 Å². The summed E-state index contributed by atoms with van der Waals surface area (Å²) in [6.45, 7) is 4.35. The minimum Gasteiger partial charge on any atom is -0.287 e. The van der Waals surface area contributed by atoms with E-state index in [0.29, 0.717) is 6.42 Å². The first kappa shape index (κ1) is 9.64. The molecule has 1 aliphatic heterocycles. The molecule has 0 bridgehead atoms. The Morgan fingerprint density at radius 1 is 1.38 bits per heavy atom. The number of aromatic nitrogens is 1. The third kappa shape index (κ3) is 1.04. The van der Waals surface area contributed by atoms with E-state index >= 15 is 0 Å². The van der Waals surface area contributed by atoms with E-state index < -0.39 is 0 Å². The van der Waals surface area contributed by atoms with Crippen LogP contribution < -0.4 is 0 Å². The van der Waals surface area contributed by atoms with E-state index in [4.69, 9.17) is 0 Å². The van der Waals surface area contributed by atoms with Gasteiger partial charge in [0, 0.05) is 23.4 Å². The molecule has 0 saturated heterocycles. The summed E-state index contributed by atoms with van der Waals surface area (Å²) < 4.78 is 1.81. The predicted molar refractivity (Wildman–Crippen MR) is 64.8 cm³/mol. The summed E-state index contributed by atoms with van der Waals surface area (Å²) in [6, 6.07) is 8.35. The van der Waals surface area contributed by atoms with Crippen molar-refractivity contribution in [2.24, 2.45) is 0 Å². The Bertz CT molecular complexity index is 581. The van der Waals surface area contributed by atoms with Crippen molar-refractivity contribution in [1.82, 2.24) is 4.57 Å². The first-order valence-corrected chi connectivity index (χ1v) is 5.79. The number of rotatable bonds is 1. The molecule has 2 heterocycles. The van der Waals surface area contributed by atoms with Crippen LogP contribution in [0.3, 0.4) is 0 Å². The molecule has 0 N–H and O–H groups in total. The molecule has 0 unspecified atom stereocenters. The van der Waals surface area contributed by atoms with Gasteiger partial charge in [0.2, 0.25) is 5.91 Å². The fourth-order valence-corrected chi connectivity index (χ4v) is 2.72. The van der Waals surface area contributed by atoms with Crippen LogP contribution in [0.1, 0.15) is 37.0 Å². The van der Waals surface area contributed by atoms with Gasteiger partial charge in [0.25, 0.3) is 0 Å². The molecule has 0 fully saturated rings. The van der Waals surface area contributed by atoms with Gasteiger partial charge in [-0.1, -0.05) is 32.0 Å². The van der Waals surface area contributed by atoms with Gasteiger partial charge in [-0.25, -0.2) is 0 Å². The van der Waals surface area contributed by atoms with Crippen molar-refractivity contribution < 1.29 is 4.79 Å². The molecule has 2 nitrogen and oxygen atoms in total. The standard InChI is InChI=1S/C14H15NO/c1-3-14(2)9-12(16)15-8-7-10-5-4-6-11(14)13(10)15/h4-8H,3,9H2,1-2H3/t14-/m1/s1. The maximum absolute atomic E-state index is 12.1. The summed E-state index contributed by atoms with van der Waals surface area (Å²) in [5, 5.41) is 1.17. The van der Waals surface area contributed by atoms with Crippen molar-refractivity contribution in [2.45, 2.75) is 32.1 Å². The van der Waals surface area contributed by atoms with Crippen LogP contribution in [0.15, 0.2) is 30.5 Å². The van der Waals surface area contributed by atoms with Crippen LogP contribution in [-0.4, -0.2) is 10.5 Å². The highest BCUT2D eigenvalue weighted by molar-refractivity contribution is 5.98. The lowest BCUT2D eigenvalue weighted by atomic mass is 9.74. The lowest BCUT2D eigenvalue weighted by molar-refractivity contribution is 0.0865. The van der Waals surface area contributed by atoms with Gasteiger partial charge >= 0.3 is 0 Å². The molecule has 0 aliphatic carbocycles. The summed E-state index contributed by atoms with van der Waals surface area (Å²) in [6.07, 6.45) is 3.51. The van der Waals surface area contributed by atoms with Crippen molar-refractivity contribution in [2.75, 3.05) is 0 Å². The highest BCUT2D eigenvalue weighted by atomic mass is 16.2. The van der Waals surface area contributed by atoms with Crippen LogP contribution >= 0.6 is 0 Å². The molecule has 0 amide bonds. The Morgan fingerprint density at radius 2 is 2.19 bits per heavy atom. The topological polar surface area (TPSA) is 22.0 Å². The molecule has 2 heteroatoms. The summed E-state index contributed by atoms with van der Waals surface area (Å²) in [4.78, 5) is 12.1. The molecule has 1 atom stereocenters.